The number of fused-ring (bicyclic) bond motifs is 2. The van der Waals surface area contributed by atoms with Gasteiger partial charge in [-0.15, -0.1) is 11.8 Å². The number of carbonyl (C=O) groups excluding carboxylic acids is 2. The molecule has 1 aromatic heterocycles. The first-order chi connectivity index (χ1) is 16.9. The van der Waals surface area contributed by atoms with Crippen molar-refractivity contribution in [1.82, 2.24) is 4.98 Å². The van der Waals surface area contributed by atoms with Gasteiger partial charge in [-0.3, -0.25) is 14.6 Å². The highest BCUT2D eigenvalue weighted by Crippen LogP contribution is 2.37. The quantitative estimate of drug-likeness (QED) is 0.459. The molecule has 35 heavy (non-hydrogen) atoms. The zero-order chi connectivity index (χ0) is 24.4. The number of hydrogen-bond acceptors (Lipinski definition) is 6. The summed E-state index contributed by atoms with van der Waals surface area (Å²) in [5.41, 5.74) is 2.69. The number of ether oxygens (including phenoxy) is 1. The molecule has 2 amide bonds. The highest BCUT2D eigenvalue weighted by molar-refractivity contribution is 8.00. The van der Waals surface area contributed by atoms with Gasteiger partial charge in [-0.1, -0.05) is 0 Å². The summed E-state index contributed by atoms with van der Waals surface area (Å²) in [5, 5.41) is 18.1. The molecule has 0 unspecified atom stereocenters. The van der Waals surface area contributed by atoms with Gasteiger partial charge in [0.1, 0.15) is 5.75 Å². The third-order valence-corrected chi connectivity index (χ3v) is 8.14. The molecule has 1 aliphatic heterocycles. The Balaban J connectivity index is 1.18. The minimum absolute atomic E-state index is 0.0311. The van der Waals surface area contributed by atoms with Gasteiger partial charge in [-0.2, -0.15) is 0 Å². The first kappa shape index (κ1) is 23.6. The maximum atomic E-state index is 12.9. The Morgan fingerprint density at radius 1 is 1.23 bits per heavy atom. The first-order valence-corrected chi connectivity index (χ1v) is 12.9. The van der Waals surface area contributed by atoms with E-state index < -0.39 is 5.60 Å². The van der Waals surface area contributed by atoms with Gasteiger partial charge in [-0.05, 0) is 86.6 Å². The molecule has 0 saturated heterocycles. The molecule has 0 atom stereocenters. The molecule has 3 N–H and O–H groups in total. The van der Waals surface area contributed by atoms with Gasteiger partial charge in [0.25, 0.3) is 0 Å². The third-order valence-electron chi connectivity index (χ3n) is 7.07. The maximum absolute atomic E-state index is 12.9. The molecular weight excluding hydrogens is 462 g/mol. The molecule has 1 saturated carbocycles. The number of aryl methyl sites for hydroxylation is 1. The molecule has 182 valence electrons. The number of aromatic nitrogens is 1. The van der Waals surface area contributed by atoms with Crippen molar-refractivity contribution in [2.24, 2.45) is 5.92 Å². The van der Waals surface area contributed by atoms with E-state index in [9.17, 15) is 14.7 Å². The zero-order valence-electron chi connectivity index (χ0n) is 19.7. The van der Waals surface area contributed by atoms with Crippen molar-refractivity contribution in [1.29, 1.82) is 0 Å². The van der Waals surface area contributed by atoms with Crippen molar-refractivity contribution in [3.8, 4) is 5.75 Å². The van der Waals surface area contributed by atoms with Gasteiger partial charge in [-0.25, -0.2) is 0 Å². The Hall–Kier alpha value is -3.10. The Morgan fingerprint density at radius 3 is 2.86 bits per heavy atom. The van der Waals surface area contributed by atoms with Crippen LogP contribution in [0.5, 0.6) is 5.75 Å². The van der Waals surface area contributed by atoms with Gasteiger partial charge in [0.2, 0.25) is 11.8 Å². The van der Waals surface area contributed by atoms with Crippen molar-refractivity contribution in [3.63, 3.8) is 0 Å². The van der Waals surface area contributed by atoms with E-state index in [0.717, 1.165) is 39.2 Å². The Labute approximate surface area is 208 Å². The second-order valence-corrected chi connectivity index (χ2v) is 10.4. The molecule has 1 aliphatic carbocycles. The van der Waals surface area contributed by atoms with Crippen LogP contribution in [-0.2, 0) is 16.0 Å². The van der Waals surface area contributed by atoms with Gasteiger partial charge in [0, 0.05) is 28.1 Å². The number of thioether (sulfide) groups is 1. The van der Waals surface area contributed by atoms with Crippen LogP contribution in [0.2, 0.25) is 0 Å². The van der Waals surface area contributed by atoms with E-state index in [2.05, 4.69) is 15.6 Å². The number of methoxy groups -OCH3 is 1. The van der Waals surface area contributed by atoms with Crippen LogP contribution in [-0.4, -0.2) is 40.4 Å². The SMILES string of the molecule is COc1ccc2nccc(CC[C@]3(O)CC[C@@H](C(=O)Nc4ccc5c(c4)NC(=O)CS5)CC3)c2c1. The summed E-state index contributed by atoms with van der Waals surface area (Å²) in [4.78, 5) is 30.0. The molecule has 0 bridgehead atoms. The van der Waals surface area contributed by atoms with Crippen LogP contribution in [0.1, 0.15) is 37.7 Å². The fourth-order valence-electron chi connectivity index (χ4n) is 4.97. The number of carbonyl (C=O) groups is 2. The highest BCUT2D eigenvalue weighted by atomic mass is 32.2. The van der Waals surface area contributed by atoms with Crippen LogP contribution in [0, 0.1) is 5.92 Å². The molecule has 8 heteroatoms. The molecule has 1 fully saturated rings. The van der Waals surface area contributed by atoms with Crippen molar-refractivity contribution in [3.05, 3.63) is 54.2 Å². The van der Waals surface area contributed by atoms with E-state index in [1.807, 2.05) is 42.5 Å². The van der Waals surface area contributed by atoms with Crippen LogP contribution in [0.15, 0.2) is 53.6 Å². The molecule has 3 aromatic rings. The smallest absolute Gasteiger partial charge is 0.234 e. The average Bonchev–Trinajstić information content (AvgIpc) is 2.87. The van der Waals surface area contributed by atoms with E-state index in [0.29, 0.717) is 43.5 Å². The van der Waals surface area contributed by atoms with E-state index in [1.54, 1.807) is 13.3 Å². The lowest BCUT2D eigenvalue weighted by atomic mass is 9.75. The molecule has 5 rings (SSSR count). The topological polar surface area (TPSA) is 101 Å². The van der Waals surface area contributed by atoms with Crippen LogP contribution in [0.3, 0.4) is 0 Å². The van der Waals surface area contributed by atoms with Crippen LogP contribution >= 0.6 is 11.8 Å². The number of amides is 2. The number of nitrogens with one attached hydrogen (secondary N) is 2. The lowest BCUT2D eigenvalue weighted by Crippen LogP contribution is -2.38. The number of hydrogen-bond donors (Lipinski definition) is 3. The zero-order valence-corrected chi connectivity index (χ0v) is 20.5. The van der Waals surface area contributed by atoms with Crippen molar-refractivity contribution >= 4 is 45.9 Å². The van der Waals surface area contributed by atoms with Crippen molar-refractivity contribution in [2.75, 3.05) is 23.5 Å². The fourth-order valence-corrected chi connectivity index (χ4v) is 5.76. The average molecular weight is 492 g/mol. The minimum Gasteiger partial charge on any atom is -0.497 e. The standard InChI is InChI=1S/C27H29N3O4S/c1-34-20-3-4-22-21(15-20)17(9-13-28-22)6-10-27(33)11-7-18(8-12-27)26(32)29-19-2-5-24-23(14-19)30-25(31)16-35-24/h2-5,9,13-15,18,33H,6-8,10-12,16H2,1H3,(H,29,32)(H,30,31)/t18-,27+. The summed E-state index contributed by atoms with van der Waals surface area (Å²) in [7, 11) is 1.65. The second-order valence-electron chi connectivity index (χ2n) is 9.39. The summed E-state index contributed by atoms with van der Waals surface area (Å²) < 4.78 is 5.37. The largest absolute Gasteiger partial charge is 0.497 e. The van der Waals surface area contributed by atoms with Crippen LogP contribution < -0.4 is 15.4 Å². The molecule has 2 heterocycles. The molecule has 7 nitrogen and oxygen atoms in total. The lowest BCUT2D eigenvalue weighted by Gasteiger charge is -2.35. The van der Waals surface area contributed by atoms with Crippen LogP contribution in [0.25, 0.3) is 10.9 Å². The fraction of sp³-hybridized carbons (Fsp3) is 0.370. The highest BCUT2D eigenvalue weighted by Gasteiger charge is 2.35. The van der Waals surface area contributed by atoms with E-state index in [4.69, 9.17) is 4.74 Å². The second kappa shape index (κ2) is 9.87. The summed E-state index contributed by atoms with van der Waals surface area (Å²) >= 11 is 1.50. The molecule has 0 radical (unpaired) electrons. The summed E-state index contributed by atoms with van der Waals surface area (Å²) in [5.74, 6) is 0.999. The molecular formula is C27H29N3O4S. The van der Waals surface area contributed by atoms with Gasteiger partial charge >= 0.3 is 0 Å². The van der Waals surface area contributed by atoms with E-state index in [-0.39, 0.29) is 17.7 Å². The van der Waals surface area contributed by atoms with Gasteiger partial charge in [0.15, 0.2) is 0 Å². The molecule has 2 aliphatic rings. The van der Waals surface area contributed by atoms with E-state index >= 15 is 0 Å². The Morgan fingerprint density at radius 2 is 2.06 bits per heavy atom. The van der Waals surface area contributed by atoms with Crippen molar-refractivity contribution in [2.45, 2.75) is 49.0 Å². The minimum atomic E-state index is -0.779. The predicted molar refractivity (Wildman–Crippen MR) is 138 cm³/mol. The van der Waals surface area contributed by atoms with Gasteiger partial charge in [0.05, 0.1) is 29.7 Å². The van der Waals surface area contributed by atoms with Crippen molar-refractivity contribution < 1.29 is 19.4 Å². The Kier molecular flexibility index (Phi) is 6.67. The molecule has 2 aromatic carbocycles. The number of pyridine rings is 1. The van der Waals surface area contributed by atoms with Gasteiger partial charge < -0.3 is 20.5 Å². The number of rotatable bonds is 6. The normalized spacial score (nSPS) is 21.8. The van der Waals surface area contributed by atoms with E-state index in [1.165, 1.54) is 11.8 Å². The maximum Gasteiger partial charge on any atom is 0.234 e. The molecule has 0 spiro atoms. The first-order valence-electron chi connectivity index (χ1n) is 11.9. The summed E-state index contributed by atoms with van der Waals surface area (Å²) in [6.07, 6.45) is 5.65. The lowest BCUT2D eigenvalue weighted by molar-refractivity contribution is -0.122. The number of aliphatic hydroxyl groups is 1. The summed E-state index contributed by atoms with van der Waals surface area (Å²) in [6, 6.07) is 13.5. The number of nitrogens with zero attached hydrogens (tertiary/aromatic N) is 1. The van der Waals surface area contributed by atoms with Crippen LogP contribution in [0.4, 0.5) is 11.4 Å². The third kappa shape index (κ3) is 5.28. The Bertz CT molecular complexity index is 1270. The summed E-state index contributed by atoms with van der Waals surface area (Å²) in [6.45, 7) is 0. The monoisotopic (exact) mass is 491 g/mol. The predicted octanol–water partition coefficient (Wildman–Crippen LogP) is 4.78. The number of anilines is 2. The number of benzene rings is 2.